The number of carbonyl (C=O) groups excluding carboxylic acids is 2. The Kier molecular flexibility index (Phi) is 13.5. The highest BCUT2D eigenvalue weighted by atomic mass is 32.1. The van der Waals surface area contributed by atoms with Crippen molar-refractivity contribution in [3.63, 3.8) is 0 Å². The van der Waals surface area contributed by atoms with Crippen LogP contribution in [0.4, 0.5) is 4.79 Å². The molecule has 2 amide bonds. The van der Waals surface area contributed by atoms with Crippen LogP contribution in [0.3, 0.4) is 0 Å². The number of methoxy groups -OCH3 is 1. The van der Waals surface area contributed by atoms with Crippen LogP contribution in [0.1, 0.15) is 55.1 Å². The van der Waals surface area contributed by atoms with Gasteiger partial charge >= 0.3 is 6.09 Å². The molecule has 2 atom stereocenters. The van der Waals surface area contributed by atoms with E-state index in [1.165, 1.54) is 7.11 Å². The number of nitrogens with zero attached hydrogens (tertiary/aromatic N) is 1. The first-order chi connectivity index (χ1) is 18.1. The Morgan fingerprint density at radius 2 is 1.69 bits per heavy atom. The molecular weight excluding hydrogens is 532 g/mol. The third-order valence-electron chi connectivity index (χ3n) is 6.19. The van der Waals surface area contributed by atoms with Crippen molar-refractivity contribution in [1.29, 1.82) is 0 Å². The van der Waals surface area contributed by atoms with Gasteiger partial charge in [0.15, 0.2) is 0 Å². The van der Waals surface area contributed by atoms with Crippen molar-refractivity contribution in [2.45, 2.75) is 44.2 Å². The van der Waals surface area contributed by atoms with Crippen LogP contribution >= 0.6 is 27.0 Å². The van der Waals surface area contributed by atoms with Gasteiger partial charge in [0.05, 0.1) is 25.0 Å². The van der Waals surface area contributed by atoms with Crippen LogP contribution in [0, 0.1) is 11.8 Å². The van der Waals surface area contributed by atoms with Crippen LogP contribution in [0.25, 0.3) is 11.3 Å². The monoisotopic (exact) mass is 568 g/mol. The van der Waals surface area contributed by atoms with E-state index in [0.717, 1.165) is 41.6 Å². The Balaban J connectivity index is 0.00000267. The number of H-pyrrole nitrogens is 1. The lowest BCUT2D eigenvalue weighted by Gasteiger charge is -2.23. The van der Waals surface area contributed by atoms with Crippen LogP contribution in [-0.4, -0.2) is 48.3 Å². The summed E-state index contributed by atoms with van der Waals surface area (Å²) >= 11 is 0. The van der Waals surface area contributed by atoms with Crippen molar-refractivity contribution >= 4 is 39.0 Å². The molecule has 1 aromatic heterocycles. The fourth-order valence-electron chi connectivity index (χ4n) is 4.11. The number of alkyl carbamates (subject to hydrolysis) is 1. The zero-order chi connectivity index (χ0) is 25.9. The number of aromatic amines is 1. The summed E-state index contributed by atoms with van der Waals surface area (Å²) in [5, 5.41) is 5.69. The molecule has 1 fully saturated rings. The fraction of sp³-hybridized carbons (Fsp3) is 0.345. The molecule has 0 spiro atoms. The van der Waals surface area contributed by atoms with Crippen LogP contribution in [0.15, 0.2) is 60.8 Å². The molecule has 0 bridgehead atoms. The second-order valence-electron chi connectivity index (χ2n) is 8.88. The molecule has 3 N–H and O–H groups in total. The Bertz CT molecular complexity index is 1240. The quantitative estimate of drug-likeness (QED) is 0.402. The van der Waals surface area contributed by atoms with Crippen LogP contribution < -0.4 is 10.6 Å². The molecule has 0 saturated carbocycles. The normalized spacial score (nSPS) is 17.8. The van der Waals surface area contributed by atoms with Gasteiger partial charge in [-0.3, -0.25) is 4.79 Å². The number of imidazole rings is 1. The summed E-state index contributed by atoms with van der Waals surface area (Å²) < 4.78 is 10.5. The number of rotatable bonds is 3. The van der Waals surface area contributed by atoms with E-state index in [1.807, 2.05) is 54.6 Å². The molecule has 2 aromatic carbocycles. The fourth-order valence-corrected chi connectivity index (χ4v) is 4.11. The largest absolute Gasteiger partial charge is 0.453 e. The number of benzene rings is 2. The van der Waals surface area contributed by atoms with E-state index in [4.69, 9.17) is 9.47 Å². The third-order valence-corrected chi connectivity index (χ3v) is 6.19. The zero-order valence-corrected chi connectivity index (χ0v) is 24.0. The molecular formula is C29H36N4O4S2. The van der Waals surface area contributed by atoms with E-state index in [0.29, 0.717) is 31.9 Å². The maximum absolute atomic E-state index is 13.1. The molecule has 8 nitrogen and oxygen atoms in total. The first kappa shape index (κ1) is 31.8. The average molecular weight is 569 g/mol. The van der Waals surface area contributed by atoms with Crippen LogP contribution in [-0.2, 0) is 14.3 Å². The van der Waals surface area contributed by atoms with Gasteiger partial charge in [-0.1, -0.05) is 55.0 Å². The number of aromatic nitrogens is 2. The van der Waals surface area contributed by atoms with Crippen LogP contribution in [0.2, 0.25) is 0 Å². The van der Waals surface area contributed by atoms with Gasteiger partial charge in [-0.05, 0) is 49.1 Å². The molecule has 4 rings (SSSR count). The highest BCUT2D eigenvalue weighted by Crippen LogP contribution is 2.22. The van der Waals surface area contributed by atoms with Gasteiger partial charge < -0.3 is 25.1 Å². The summed E-state index contributed by atoms with van der Waals surface area (Å²) in [5.74, 6) is 6.71. The average Bonchev–Trinajstić information content (AvgIpc) is 3.42. The minimum atomic E-state index is -0.672. The smallest absolute Gasteiger partial charge is 0.407 e. The molecule has 2 heterocycles. The molecule has 3 aromatic rings. The topological polar surface area (TPSA) is 105 Å². The second-order valence-corrected chi connectivity index (χ2v) is 8.88. The van der Waals surface area contributed by atoms with E-state index in [-0.39, 0.29) is 32.9 Å². The van der Waals surface area contributed by atoms with Gasteiger partial charge in [-0.25, -0.2) is 9.78 Å². The molecule has 1 saturated heterocycles. The van der Waals surface area contributed by atoms with E-state index >= 15 is 0 Å². The zero-order valence-electron chi connectivity index (χ0n) is 22.0. The minimum Gasteiger partial charge on any atom is -0.453 e. The Morgan fingerprint density at radius 1 is 0.974 bits per heavy atom. The molecule has 39 heavy (non-hydrogen) atoms. The number of nitrogens with one attached hydrogen (secondary N) is 3. The summed E-state index contributed by atoms with van der Waals surface area (Å²) in [6, 6.07) is 16.7. The van der Waals surface area contributed by atoms with Gasteiger partial charge in [-0.15, -0.1) is 0 Å². The lowest BCUT2D eigenvalue weighted by Crippen LogP contribution is -2.48. The first-order valence-corrected chi connectivity index (χ1v) is 12.6. The SMILES string of the molecule is COC(=O)N[C@H]1CCCCCOCC[C@@H](c2ncc(-c3ccc(C#Cc4ccccc4)cc3)[nH]2)NC1=O.S.S. The number of hydrogen-bond donors (Lipinski definition) is 3. The Morgan fingerprint density at radius 3 is 2.41 bits per heavy atom. The maximum atomic E-state index is 13.1. The molecule has 10 heteroatoms. The number of carbonyl (C=O) groups is 2. The second kappa shape index (κ2) is 16.5. The van der Waals surface area contributed by atoms with E-state index in [1.54, 1.807) is 6.20 Å². The predicted molar refractivity (Wildman–Crippen MR) is 161 cm³/mol. The van der Waals surface area contributed by atoms with Gasteiger partial charge in [0.25, 0.3) is 0 Å². The predicted octanol–water partition coefficient (Wildman–Crippen LogP) is 4.56. The van der Waals surface area contributed by atoms with Gasteiger partial charge in [0.2, 0.25) is 5.91 Å². The Hall–Kier alpha value is -3.39. The van der Waals surface area contributed by atoms with Crippen LogP contribution in [0.5, 0.6) is 0 Å². The molecule has 1 aliphatic rings. The highest BCUT2D eigenvalue weighted by molar-refractivity contribution is 7.59. The number of hydrogen-bond acceptors (Lipinski definition) is 5. The van der Waals surface area contributed by atoms with Gasteiger partial charge in [-0.2, -0.15) is 27.0 Å². The summed E-state index contributed by atoms with van der Waals surface area (Å²) in [6.45, 7) is 1.16. The molecule has 0 radical (unpaired) electrons. The van der Waals surface area contributed by atoms with Crippen molar-refractivity contribution in [2.75, 3.05) is 20.3 Å². The maximum Gasteiger partial charge on any atom is 0.407 e. The lowest BCUT2D eigenvalue weighted by molar-refractivity contribution is -0.124. The number of amides is 2. The van der Waals surface area contributed by atoms with E-state index in [9.17, 15) is 9.59 Å². The van der Waals surface area contributed by atoms with Crippen molar-refractivity contribution in [3.8, 4) is 23.1 Å². The van der Waals surface area contributed by atoms with E-state index in [2.05, 4.69) is 32.4 Å². The lowest BCUT2D eigenvalue weighted by atomic mass is 10.1. The van der Waals surface area contributed by atoms with Crippen molar-refractivity contribution in [3.05, 3.63) is 77.7 Å². The molecule has 0 aliphatic carbocycles. The summed E-state index contributed by atoms with van der Waals surface area (Å²) in [6.07, 6.45) is 4.85. The van der Waals surface area contributed by atoms with E-state index < -0.39 is 18.2 Å². The van der Waals surface area contributed by atoms with Gasteiger partial charge in [0.1, 0.15) is 11.9 Å². The molecule has 208 valence electrons. The van der Waals surface area contributed by atoms with Gasteiger partial charge in [0, 0.05) is 24.3 Å². The standard InChI is InChI=1S/C29H32N4O4.2H2S/c1-36-29(35)33-25-10-6-3-7-18-37-19-17-24(32-28(25)34)27-30-20-26(31-27)23-15-13-22(14-16-23)12-11-21-8-4-2-5-9-21;;/h2,4-5,8-9,13-16,20,24-25H,3,6-7,10,17-19H2,1H3,(H,30,31)(H,32,34)(H,33,35);2*1H2/t24-,25-;;/m0../s1. The Labute approximate surface area is 243 Å². The number of ether oxygens (including phenoxy) is 2. The summed E-state index contributed by atoms with van der Waals surface area (Å²) in [5.41, 5.74) is 3.69. The summed E-state index contributed by atoms with van der Waals surface area (Å²) in [7, 11) is 1.29. The van der Waals surface area contributed by atoms with Crippen molar-refractivity contribution in [2.24, 2.45) is 0 Å². The highest BCUT2D eigenvalue weighted by Gasteiger charge is 2.26. The molecule has 1 aliphatic heterocycles. The summed E-state index contributed by atoms with van der Waals surface area (Å²) in [4.78, 5) is 32.8. The third kappa shape index (κ3) is 9.70. The molecule has 0 unspecified atom stereocenters. The minimum absolute atomic E-state index is 0. The van der Waals surface area contributed by atoms with Crippen molar-refractivity contribution < 1.29 is 19.1 Å². The van der Waals surface area contributed by atoms with Crippen molar-refractivity contribution in [1.82, 2.24) is 20.6 Å². The first-order valence-electron chi connectivity index (χ1n) is 12.6.